The van der Waals surface area contributed by atoms with E-state index >= 15 is 0 Å². The highest BCUT2D eigenvalue weighted by Crippen LogP contribution is 2.23. The summed E-state index contributed by atoms with van der Waals surface area (Å²) in [6.45, 7) is 1.97. The van der Waals surface area contributed by atoms with Gasteiger partial charge in [-0.1, -0.05) is 34.1 Å². The van der Waals surface area contributed by atoms with Crippen LogP contribution in [0.2, 0.25) is 0 Å². The first kappa shape index (κ1) is 11.2. The summed E-state index contributed by atoms with van der Waals surface area (Å²) in [5, 5.41) is 0.393. The van der Waals surface area contributed by atoms with Crippen molar-refractivity contribution in [1.82, 2.24) is 0 Å². The van der Waals surface area contributed by atoms with Crippen LogP contribution in [0.3, 0.4) is 0 Å². The Labute approximate surface area is 92.4 Å². The summed E-state index contributed by atoms with van der Waals surface area (Å²) in [5.74, 6) is 0.982. The average molecular weight is 257 g/mol. The van der Waals surface area contributed by atoms with Crippen molar-refractivity contribution in [3.05, 3.63) is 29.3 Å². The van der Waals surface area contributed by atoms with Crippen LogP contribution in [0.25, 0.3) is 0 Å². The lowest BCUT2D eigenvalue weighted by atomic mass is 10.1. The summed E-state index contributed by atoms with van der Waals surface area (Å²) in [5.41, 5.74) is 2.02. The number of Topliss-reactive ketones (excluding diaryl/α,β-unsaturated/α-hetero) is 1. The van der Waals surface area contributed by atoms with Crippen molar-refractivity contribution in [3.8, 4) is 5.75 Å². The molecule has 0 aliphatic rings. The van der Waals surface area contributed by atoms with Gasteiger partial charge in [-0.3, -0.25) is 4.79 Å². The van der Waals surface area contributed by atoms with E-state index in [4.69, 9.17) is 4.74 Å². The van der Waals surface area contributed by atoms with Crippen LogP contribution < -0.4 is 4.74 Å². The third-order valence-electron chi connectivity index (χ3n) is 2.03. The lowest BCUT2D eigenvalue weighted by Crippen LogP contribution is -2.05. The van der Waals surface area contributed by atoms with E-state index in [0.717, 1.165) is 16.9 Å². The third-order valence-corrected chi connectivity index (χ3v) is 2.66. The molecule has 0 fully saturated rings. The number of alkyl halides is 1. The number of halogens is 1. The van der Waals surface area contributed by atoms with Gasteiger partial charge in [-0.2, -0.15) is 0 Å². The van der Waals surface area contributed by atoms with E-state index in [1.54, 1.807) is 7.11 Å². The van der Waals surface area contributed by atoms with Crippen LogP contribution in [0.1, 0.15) is 11.1 Å². The largest absolute Gasteiger partial charge is 0.496 e. The fraction of sp³-hybridized carbons (Fsp3) is 0.364. The number of ether oxygens (including phenoxy) is 1. The number of rotatable bonds is 4. The van der Waals surface area contributed by atoms with Gasteiger partial charge in [-0.15, -0.1) is 0 Å². The maximum absolute atomic E-state index is 11.3. The van der Waals surface area contributed by atoms with Crippen LogP contribution in [-0.4, -0.2) is 18.2 Å². The standard InChI is InChI=1S/C11H13BrO2/c1-8-4-3-5-9(11(8)14-2)6-10(13)7-12/h3-5H,6-7H2,1-2H3. The molecular formula is C11H13BrO2. The van der Waals surface area contributed by atoms with Crippen LogP contribution >= 0.6 is 15.9 Å². The molecule has 0 radical (unpaired) electrons. The Hall–Kier alpha value is -0.830. The lowest BCUT2D eigenvalue weighted by Gasteiger charge is -2.09. The van der Waals surface area contributed by atoms with E-state index in [1.165, 1.54) is 0 Å². The molecule has 3 heteroatoms. The molecule has 0 bridgehead atoms. The van der Waals surface area contributed by atoms with Gasteiger partial charge in [-0.25, -0.2) is 0 Å². The molecule has 0 aliphatic carbocycles. The Bertz CT molecular complexity index is 334. The van der Waals surface area contributed by atoms with Crippen LogP contribution in [0.5, 0.6) is 5.75 Å². The molecule has 1 aromatic carbocycles. The first-order valence-electron chi connectivity index (χ1n) is 4.39. The summed E-state index contributed by atoms with van der Waals surface area (Å²) < 4.78 is 5.25. The molecule has 0 atom stereocenters. The highest BCUT2D eigenvalue weighted by atomic mass is 79.9. The second kappa shape index (κ2) is 5.15. The van der Waals surface area contributed by atoms with E-state index in [2.05, 4.69) is 15.9 Å². The minimum atomic E-state index is 0.161. The third kappa shape index (κ3) is 2.58. The van der Waals surface area contributed by atoms with Gasteiger partial charge in [0.2, 0.25) is 0 Å². The summed E-state index contributed by atoms with van der Waals surface area (Å²) in [6, 6.07) is 5.84. The van der Waals surface area contributed by atoms with Crippen molar-refractivity contribution in [2.75, 3.05) is 12.4 Å². The molecule has 0 saturated heterocycles. The molecule has 0 aromatic heterocycles. The van der Waals surface area contributed by atoms with Gasteiger partial charge in [0.15, 0.2) is 0 Å². The number of carbonyl (C=O) groups excluding carboxylic acids is 1. The molecule has 14 heavy (non-hydrogen) atoms. The summed E-state index contributed by atoms with van der Waals surface area (Å²) in [4.78, 5) is 11.3. The smallest absolute Gasteiger partial charge is 0.147 e. The second-order valence-electron chi connectivity index (χ2n) is 3.12. The molecular weight excluding hydrogens is 244 g/mol. The average Bonchev–Trinajstić information content (AvgIpc) is 2.18. The minimum Gasteiger partial charge on any atom is -0.496 e. The molecule has 1 aromatic rings. The van der Waals surface area contributed by atoms with Crippen molar-refractivity contribution < 1.29 is 9.53 Å². The van der Waals surface area contributed by atoms with Gasteiger partial charge in [0.05, 0.1) is 12.4 Å². The number of hydrogen-bond acceptors (Lipinski definition) is 2. The fourth-order valence-electron chi connectivity index (χ4n) is 1.40. The molecule has 0 spiro atoms. The quantitative estimate of drug-likeness (QED) is 0.775. The molecule has 0 aliphatic heterocycles. The number of methoxy groups -OCH3 is 1. The van der Waals surface area contributed by atoms with Crippen molar-refractivity contribution in [1.29, 1.82) is 0 Å². The van der Waals surface area contributed by atoms with Crippen molar-refractivity contribution >= 4 is 21.7 Å². The first-order chi connectivity index (χ1) is 6.69. The molecule has 2 nitrogen and oxygen atoms in total. The van der Waals surface area contributed by atoms with E-state index in [0.29, 0.717) is 11.8 Å². The van der Waals surface area contributed by atoms with Crippen LogP contribution in [0.4, 0.5) is 0 Å². The van der Waals surface area contributed by atoms with Gasteiger partial charge in [-0.05, 0) is 12.5 Å². The van der Waals surface area contributed by atoms with Crippen molar-refractivity contribution in [3.63, 3.8) is 0 Å². The van der Waals surface area contributed by atoms with E-state index in [1.807, 2.05) is 25.1 Å². The number of aryl methyl sites for hydroxylation is 1. The SMILES string of the molecule is COc1c(C)cccc1CC(=O)CBr. The maximum Gasteiger partial charge on any atom is 0.147 e. The highest BCUT2D eigenvalue weighted by molar-refractivity contribution is 9.09. The maximum atomic E-state index is 11.3. The number of benzene rings is 1. The topological polar surface area (TPSA) is 26.3 Å². The summed E-state index contributed by atoms with van der Waals surface area (Å²) >= 11 is 3.15. The molecule has 76 valence electrons. The van der Waals surface area contributed by atoms with Crippen LogP contribution in [0, 0.1) is 6.92 Å². The highest BCUT2D eigenvalue weighted by Gasteiger charge is 2.08. The van der Waals surface area contributed by atoms with Gasteiger partial charge in [0.25, 0.3) is 0 Å². The Balaban J connectivity index is 2.96. The molecule has 0 saturated carbocycles. The zero-order valence-electron chi connectivity index (χ0n) is 8.34. The van der Waals surface area contributed by atoms with E-state index in [-0.39, 0.29) is 5.78 Å². The normalized spacial score (nSPS) is 9.93. The Morgan fingerprint density at radius 2 is 2.21 bits per heavy atom. The second-order valence-corrected chi connectivity index (χ2v) is 3.68. The first-order valence-corrected chi connectivity index (χ1v) is 5.51. The molecule has 0 heterocycles. The number of ketones is 1. The Morgan fingerprint density at radius 1 is 1.50 bits per heavy atom. The summed E-state index contributed by atoms with van der Waals surface area (Å²) in [6.07, 6.45) is 0.427. The van der Waals surface area contributed by atoms with Gasteiger partial charge < -0.3 is 4.74 Å². The van der Waals surface area contributed by atoms with Gasteiger partial charge in [0.1, 0.15) is 11.5 Å². The number of para-hydroxylation sites is 1. The molecule has 0 amide bonds. The van der Waals surface area contributed by atoms with Crippen LogP contribution in [-0.2, 0) is 11.2 Å². The van der Waals surface area contributed by atoms with Crippen molar-refractivity contribution in [2.24, 2.45) is 0 Å². The monoisotopic (exact) mass is 256 g/mol. The lowest BCUT2D eigenvalue weighted by molar-refractivity contribution is -0.115. The van der Waals surface area contributed by atoms with E-state index < -0.39 is 0 Å². The molecule has 0 N–H and O–H groups in total. The van der Waals surface area contributed by atoms with E-state index in [9.17, 15) is 4.79 Å². The number of carbonyl (C=O) groups is 1. The predicted octanol–water partition coefficient (Wildman–Crippen LogP) is 2.51. The fourth-order valence-corrected chi connectivity index (χ4v) is 1.60. The van der Waals surface area contributed by atoms with Crippen LogP contribution in [0.15, 0.2) is 18.2 Å². The van der Waals surface area contributed by atoms with Gasteiger partial charge in [0, 0.05) is 12.0 Å². The van der Waals surface area contributed by atoms with Crippen molar-refractivity contribution in [2.45, 2.75) is 13.3 Å². The Morgan fingerprint density at radius 3 is 2.79 bits per heavy atom. The Kier molecular flexibility index (Phi) is 4.14. The molecule has 0 unspecified atom stereocenters. The predicted molar refractivity (Wildman–Crippen MR) is 60.2 cm³/mol. The summed E-state index contributed by atoms with van der Waals surface area (Å²) in [7, 11) is 1.63. The van der Waals surface area contributed by atoms with Gasteiger partial charge >= 0.3 is 0 Å². The zero-order valence-corrected chi connectivity index (χ0v) is 9.93. The minimum absolute atomic E-state index is 0.161. The number of hydrogen-bond donors (Lipinski definition) is 0. The molecule has 1 rings (SSSR count). The zero-order chi connectivity index (χ0) is 10.6.